The molecule has 0 aliphatic carbocycles. The number of aromatic carboxylic acids is 1. The highest BCUT2D eigenvalue weighted by atomic mass is 16.5. The van der Waals surface area contributed by atoms with Gasteiger partial charge in [0.05, 0.1) is 12.7 Å². The molecule has 31 heavy (non-hydrogen) atoms. The molecular weight excluding hydrogens is 394 g/mol. The van der Waals surface area contributed by atoms with E-state index < -0.39 is 11.9 Å². The number of nitriles is 1. The molecule has 1 heterocycles. The van der Waals surface area contributed by atoms with E-state index in [0.717, 1.165) is 11.4 Å². The number of benzene rings is 2. The second-order valence-corrected chi connectivity index (χ2v) is 6.87. The monoisotopic (exact) mass is 415 g/mol. The van der Waals surface area contributed by atoms with Crippen LogP contribution in [0.2, 0.25) is 0 Å². The van der Waals surface area contributed by atoms with Crippen LogP contribution in [0.3, 0.4) is 0 Å². The number of carbonyl (C=O) groups is 2. The Morgan fingerprint density at radius 3 is 2.45 bits per heavy atom. The summed E-state index contributed by atoms with van der Waals surface area (Å²) >= 11 is 0. The van der Waals surface area contributed by atoms with E-state index in [2.05, 4.69) is 5.32 Å². The fraction of sp³-hybridized carbons (Fsp3) is 0.125. The molecule has 0 spiro atoms. The Kier molecular flexibility index (Phi) is 6.22. The molecule has 3 rings (SSSR count). The first-order valence-corrected chi connectivity index (χ1v) is 9.44. The molecule has 1 amide bonds. The first-order valence-electron chi connectivity index (χ1n) is 9.44. The Labute approximate surface area is 179 Å². The summed E-state index contributed by atoms with van der Waals surface area (Å²) in [4.78, 5) is 23.9. The lowest BCUT2D eigenvalue weighted by atomic mass is 10.1. The van der Waals surface area contributed by atoms with Crippen LogP contribution >= 0.6 is 0 Å². The molecule has 2 aromatic carbocycles. The molecule has 0 bridgehead atoms. The van der Waals surface area contributed by atoms with E-state index in [9.17, 15) is 20.0 Å². The van der Waals surface area contributed by atoms with Gasteiger partial charge in [0.1, 0.15) is 17.4 Å². The number of rotatable bonds is 6. The number of amides is 1. The highest BCUT2D eigenvalue weighted by molar-refractivity contribution is 6.09. The molecule has 2 N–H and O–H groups in total. The van der Waals surface area contributed by atoms with Crippen molar-refractivity contribution in [2.75, 3.05) is 12.4 Å². The molecule has 0 unspecified atom stereocenters. The SMILES string of the molecule is COc1ccc(NC(=O)/C(C#N)=C/c2cc(C)n(-c3cccc(C(=O)O)c3)c2C)cc1. The van der Waals surface area contributed by atoms with Crippen LogP contribution in [-0.2, 0) is 4.79 Å². The fourth-order valence-corrected chi connectivity index (χ4v) is 3.29. The summed E-state index contributed by atoms with van der Waals surface area (Å²) in [5, 5.41) is 21.5. The number of aromatic nitrogens is 1. The number of carboxylic acid groups (broad SMARTS) is 1. The molecular formula is C24H21N3O4. The highest BCUT2D eigenvalue weighted by Crippen LogP contribution is 2.24. The molecule has 3 aromatic rings. The number of carbonyl (C=O) groups excluding carboxylic acids is 1. The molecule has 0 saturated carbocycles. The van der Waals surface area contributed by atoms with Crippen molar-refractivity contribution in [3.8, 4) is 17.5 Å². The van der Waals surface area contributed by atoms with Crippen molar-refractivity contribution in [3.63, 3.8) is 0 Å². The van der Waals surface area contributed by atoms with Crippen molar-refractivity contribution in [3.05, 3.63) is 82.7 Å². The first kappa shape index (κ1) is 21.4. The van der Waals surface area contributed by atoms with Gasteiger partial charge in [-0.2, -0.15) is 5.26 Å². The lowest BCUT2D eigenvalue weighted by molar-refractivity contribution is -0.112. The normalized spacial score (nSPS) is 11.0. The van der Waals surface area contributed by atoms with Crippen LogP contribution in [-0.4, -0.2) is 28.7 Å². The summed E-state index contributed by atoms with van der Waals surface area (Å²) in [6.45, 7) is 3.73. The second-order valence-electron chi connectivity index (χ2n) is 6.87. The van der Waals surface area contributed by atoms with E-state index in [1.807, 2.05) is 36.6 Å². The molecule has 0 fully saturated rings. The van der Waals surface area contributed by atoms with Gasteiger partial charge in [-0.15, -0.1) is 0 Å². The van der Waals surface area contributed by atoms with Crippen LogP contribution in [0.4, 0.5) is 5.69 Å². The molecule has 0 atom stereocenters. The molecule has 0 saturated heterocycles. The predicted octanol–water partition coefficient (Wildman–Crippen LogP) is 4.35. The summed E-state index contributed by atoms with van der Waals surface area (Å²) in [5.74, 6) is -0.870. The summed E-state index contributed by atoms with van der Waals surface area (Å²) < 4.78 is 6.98. The summed E-state index contributed by atoms with van der Waals surface area (Å²) in [5.41, 5.74) is 3.69. The van der Waals surface area contributed by atoms with Crippen LogP contribution in [0.5, 0.6) is 5.75 Å². The average Bonchev–Trinajstić information content (AvgIpc) is 3.05. The van der Waals surface area contributed by atoms with E-state index in [1.165, 1.54) is 12.1 Å². The van der Waals surface area contributed by atoms with Crippen LogP contribution in [0, 0.1) is 25.2 Å². The summed E-state index contributed by atoms with van der Waals surface area (Å²) in [7, 11) is 1.55. The summed E-state index contributed by atoms with van der Waals surface area (Å²) in [6, 6.07) is 17.2. The number of hydrogen-bond acceptors (Lipinski definition) is 4. The molecule has 1 aromatic heterocycles. The van der Waals surface area contributed by atoms with E-state index >= 15 is 0 Å². The number of aryl methyl sites for hydroxylation is 1. The van der Waals surface area contributed by atoms with Gasteiger partial charge in [-0.05, 0) is 74.0 Å². The highest BCUT2D eigenvalue weighted by Gasteiger charge is 2.15. The number of anilines is 1. The van der Waals surface area contributed by atoms with Crippen molar-refractivity contribution >= 4 is 23.6 Å². The molecule has 0 radical (unpaired) electrons. The van der Waals surface area contributed by atoms with E-state index in [-0.39, 0.29) is 11.1 Å². The zero-order chi connectivity index (χ0) is 22.5. The Morgan fingerprint density at radius 2 is 1.84 bits per heavy atom. The van der Waals surface area contributed by atoms with Gasteiger partial charge >= 0.3 is 5.97 Å². The van der Waals surface area contributed by atoms with Gasteiger partial charge < -0.3 is 19.7 Å². The van der Waals surface area contributed by atoms with Gasteiger partial charge in [0, 0.05) is 22.8 Å². The third-order valence-electron chi connectivity index (χ3n) is 4.83. The maximum atomic E-state index is 12.6. The van der Waals surface area contributed by atoms with Crippen molar-refractivity contribution in [2.24, 2.45) is 0 Å². The van der Waals surface area contributed by atoms with Gasteiger partial charge in [-0.1, -0.05) is 6.07 Å². The number of methoxy groups -OCH3 is 1. The van der Waals surface area contributed by atoms with Crippen molar-refractivity contribution in [1.82, 2.24) is 4.57 Å². The molecule has 0 aliphatic rings. The Hall–Kier alpha value is -4.31. The van der Waals surface area contributed by atoms with Crippen molar-refractivity contribution < 1.29 is 19.4 Å². The molecule has 7 nitrogen and oxygen atoms in total. The maximum absolute atomic E-state index is 12.6. The number of carboxylic acids is 1. The van der Waals surface area contributed by atoms with Crippen molar-refractivity contribution in [1.29, 1.82) is 5.26 Å². The maximum Gasteiger partial charge on any atom is 0.335 e. The third kappa shape index (κ3) is 4.65. The number of nitrogens with zero attached hydrogens (tertiary/aromatic N) is 2. The molecule has 7 heteroatoms. The van der Waals surface area contributed by atoms with Crippen LogP contribution in [0.15, 0.2) is 60.2 Å². The van der Waals surface area contributed by atoms with Crippen LogP contribution < -0.4 is 10.1 Å². The molecule has 0 aliphatic heterocycles. The van der Waals surface area contributed by atoms with Gasteiger partial charge in [-0.25, -0.2) is 4.79 Å². The summed E-state index contributed by atoms with van der Waals surface area (Å²) in [6.07, 6.45) is 1.53. The lowest BCUT2D eigenvalue weighted by Crippen LogP contribution is -2.13. The van der Waals surface area contributed by atoms with Crippen molar-refractivity contribution in [2.45, 2.75) is 13.8 Å². The smallest absolute Gasteiger partial charge is 0.335 e. The quantitative estimate of drug-likeness (QED) is 0.460. The minimum absolute atomic E-state index is 0.0460. The van der Waals surface area contributed by atoms with Gasteiger partial charge in [-0.3, -0.25) is 4.79 Å². The van der Waals surface area contributed by atoms with E-state index in [1.54, 1.807) is 43.5 Å². The van der Waals surface area contributed by atoms with Crippen LogP contribution in [0.25, 0.3) is 11.8 Å². The zero-order valence-corrected chi connectivity index (χ0v) is 17.3. The molecule has 156 valence electrons. The first-order chi connectivity index (χ1) is 14.8. The topological polar surface area (TPSA) is 104 Å². The Morgan fingerprint density at radius 1 is 1.13 bits per heavy atom. The predicted molar refractivity (Wildman–Crippen MR) is 117 cm³/mol. The standard InChI is InChI=1S/C24H21N3O4/c1-15-11-18(16(2)27(15)21-6-4-5-17(13-21)24(29)30)12-19(14-25)23(28)26-20-7-9-22(31-3)10-8-20/h4-13H,1-3H3,(H,26,28)(H,29,30)/b19-12+. The number of nitrogens with one attached hydrogen (secondary N) is 1. The third-order valence-corrected chi connectivity index (χ3v) is 4.83. The zero-order valence-electron chi connectivity index (χ0n) is 17.3. The second kappa shape index (κ2) is 9.01. The minimum Gasteiger partial charge on any atom is -0.497 e. The van der Waals surface area contributed by atoms with E-state index in [0.29, 0.717) is 22.7 Å². The Bertz CT molecular complexity index is 1210. The fourth-order valence-electron chi connectivity index (χ4n) is 3.29. The number of hydrogen-bond donors (Lipinski definition) is 2. The van der Waals surface area contributed by atoms with Gasteiger partial charge in [0.25, 0.3) is 5.91 Å². The van der Waals surface area contributed by atoms with Crippen LogP contribution in [0.1, 0.15) is 27.3 Å². The van der Waals surface area contributed by atoms with Gasteiger partial charge in [0.15, 0.2) is 0 Å². The minimum atomic E-state index is -1.01. The average molecular weight is 415 g/mol. The van der Waals surface area contributed by atoms with Gasteiger partial charge in [0.2, 0.25) is 0 Å². The van der Waals surface area contributed by atoms with E-state index in [4.69, 9.17) is 4.74 Å². The lowest BCUT2D eigenvalue weighted by Gasteiger charge is -2.10. The largest absolute Gasteiger partial charge is 0.497 e. The Balaban J connectivity index is 1.92. The number of ether oxygens (including phenoxy) is 1.